The minimum absolute atomic E-state index is 0.370. The summed E-state index contributed by atoms with van der Waals surface area (Å²) < 4.78 is 0. The SMILES string of the molecule is Cc1cc(Cl)c(C)c(O)c1CCN1CCNCC1. The molecule has 2 N–H and O–H groups in total. The van der Waals surface area contributed by atoms with Gasteiger partial charge in [-0.25, -0.2) is 0 Å². The third-order valence-electron chi connectivity index (χ3n) is 3.71. The quantitative estimate of drug-likeness (QED) is 0.881. The first kappa shape index (κ1) is 13.7. The minimum Gasteiger partial charge on any atom is -0.507 e. The van der Waals surface area contributed by atoms with Gasteiger partial charge in [-0.15, -0.1) is 0 Å². The molecule has 100 valence electrons. The molecule has 0 aromatic heterocycles. The molecule has 1 aromatic rings. The van der Waals surface area contributed by atoms with E-state index in [1.165, 1.54) is 0 Å². The number of halogens is 1. The first-order chi connectivity index (χ1) is 8.59. The number of piperazine rings is 1. The summed E-state index contributed by atoms with van der Waals surface area (Å²) in [7, 11) is 0. The van der Waals surface area contributed by atoms with Gasteiger partial charge in [0.05, 0.1) is 0 Å². The number of phenols is 1. The molecule has 0 aliphatic carbocycles. The predicted molar refractivity (Wildman–Crippen MR) is 75.6 cm³/mol. The van der Waals surface area contributed by atoms with Crippen LogP contribution in [0.15, 0.2) is 6.07 Å². The number of benzene rings is 1. The van der Waals surface area contributed by atoms with E-state index in [2.05, 4.69) is 10.2 Å². The van der Waals surface area contributed by atoms with Crippen LogP contribution in [0.2, 0.25) is 5.02 Å². The summed E-state index contributed by atoms with van der Waals surface area (Å²) >= 11 is 6.06. The summed E-state index contributed by atoms with van der Waals surface area (Å²) in [5.74, 6) is 0.370. The zero-order valence-corrected chi connectivity index (χ0v) is 11.8. The Labute approximate surface area is 114 Å². The number of nitrogens with one attached hydrogen (secondary N) is 1. The van der Waals surface area contributed by atoms with Gasteiger partial charge in [-0.05, 0) is 37.5 Å². The van der Waals surface area contributed by atoms with Gasteiger partial charge in [-0.2, -0.15) is 0 Å². The van der Waals surface area contributed by atoms with Crippen molar-refractivity contribution in [1.29, 1.82) is 0 Å². The summed E-state index contributed by atoms with van der Waals surface area (Å²) in [5.41, 5.74) is 2.91. The van der Waals surface area contributed by atoms with Gasteiger partial charge < -0.3 is 15.3 Å². The molecular weight excluding hydrogens is 248 g/mol. The third-order valence-corrected chi connectivity index (χ3v) is 4.10. The van der Waals surface area contributed by atoms with E-state index in [9.17, 15) is 5.11 Å². The lowest BCUT2D eigenvalue weighted by Gasteiger charge is -2.27. The Morgan fingerprint density at radius 2 is 2.00 bits per heavy atom. The fraction of sp³-hybridized carbons (Fsp3) is 0.571. The molecule has 18 heavy (non-hydrogen) atoms. The fourth-order valence-electron chi connectivity index (χ4n) is 2.43. The highest BCUT2D eigenvalue weighted by atomic mass is 35.5. The molecule has 0 amide bonds. The Balaban J connectivity index is 2.06. The molecular formula is C14H21ClN2O. The van der Waals surface area contributed by atoms with Gasteiger partial charge in [-0.1, -0.05) is 11.6 Å². The molecule has 1 aliphatic heterocycles. The Bertz CT molecular complexity index is 428. The van der Waals surface area contributed by atoms with Gasteiger partial charge in [0.2, 0.25) is 0 Å². The number of aryl methyl sites for hydroxylation is 1. The lowest BCUT2D eigenvalue weighted by Crippen LogP contribution is -2.44. The maximum Gasteiger partial charge on any atom is 0.123 e. The second-order valence-corrected chi connectivity index (χ2v) is 5.38. The lowest BCUT2D eigenvalue weighted by molar-refractivity contribution is 0.243. The van der Waals surface area contributed by atoms with Crippen LogP contribution in [0, 0.1) is 13.8 Å². The monoisotopic (exact) mass is 268 g/mol. The largest absolute Gasteiger partial charge is 0.507 e. The summed E-state index contributed by atoms with van der Waals surface area (Å²) in [6.45, 7) is 9.18. The van der Waals surface area contributed by atoms with E-state index >= 15 is 0 Å². The van der Waals surface area contributed by atoms with Gasteiger partial charge in [0.25, 0.3) is 0 Å². The molecule has 3 nitrogen and oxygen atoms in total. The molecule has 0 radical (unpaired) electrons. The number of hydrogen-bond acceptors (Lipinski definition) is 3. The van der Waals surface area contributed by atoms with Gasteiger partial charge in [0.15, 0.2) is 0 Å². The van der Waals surface area contributed by atoms with Gasteiger partial charge in [0.1, 0.15) is 5.75 Å². The van der Waals surface area contributed by atoms with Crippen LogP contribution in [0.1, 0.15) is 16.7 Å². The highest BCUT2D eigenvalue weighted by Gasteiger charge is 2.14. The highest BCUT2D eigenvalue weighted by Crippen LogP contribution is 2.31. The molecule has 1 heterocycles. The van der Waals surface area contributed by atoms with Crippen molar-refractivity contribution in [2.45, 2.75) is 20.3 Å². The van der Waals surface area contributed by atoms with E-state index in [0.29, 0.717) is 10.8 Å². The van der Waals surface area contributed by atoms with Crippen molar-refractivity contribution in [3.8, 4) is 5.75 Å². The number of hydrogen-bond donors (Lipinski definition) is 2. The number of aromatic hydroxyl groups is 1. The molecule has 0 spiro atoms. The van der Waals surface area contributed by atoms with Crippen LogP contribution in [0.5, 0.6) is 5.75 Å². The van der Waals surface area contributed by atoms with E-state index < -0.39 is 0 Å². The molecule has 4 heteroatoms. The van der Waals surface area contributed by atoms with Gasteiger partial charge in [0, 0.05) is 43.3 Å². The second-order valence-electron chi connectivity index (χ2n) is 4.97. The maximum atomic E-state index is 10.2. The van der Waals surface area contributed by atoms with Crippen molar-refractivity contribution in [2.75, 3.05) is 32.7 Å². The minimum atomic E-state index is 0.370. The molecule has 1 fully saturated rings. The van der Waals surface area contributed by atoms with Crippen LogP contribution in [0.4, 0.5) is 0 Å². The van der Waals surface area contributed by atoms with E-state index in [0.717, 1.165) is 55.8 Å². The van der Waals surface area contributed by atoms with Crippen LogP contribution in [0.25, 0.3) is 0 Å². The van der Waals surface area contributed by atoms with Crippen molar-refractivity contribution in [3.05, 3.63) is 27.8 Å². The van der Waals surface area contributed by atoms with Crippen LogP contribution in [0.3, 0.4) is 0 Å². The molecule has 0 saturated carbocycles. The molecule has 0 bridgehead atoms. The topological polar surface area (TPSA) is 35.5 Å². The number of nitrogens with zero attached hydrogens (tertiary/aromatic N) is 1. The average molecular weight is 269 g/mol. The zero-order valence-electron chi connectivity index (χ0n) is 11.1. The summed E-state index contributed by atoms with van der Waals surface area (Å²) in [4.78, 5) is 2.43. The van der Waals surface area contributed by atoms with E-state index in [1.54, 1.807) is 0 Å². The Morgan fingerprint density at radius 1 is 1.33 bits per heavy atom. The molecule has 0 atom stereocenters. The molecule has 1 aromatic carbocycles. The Morgan fingerprint density at radius 3 is 2.67 bits per heavy atom. The van der Waals surface area contributed by atoms with Gasteiger partial charge >= 0.3 is 0 Å². The van der Waals surface area contributed by atoms with Crippen LogP contribution >= 0.6 is 11.6 Å². The van der Waals surface area contributed by atoms with E-state index in [-0.39, 0.29) is 0 Å². The molecule has 1 saturated heterocycles. The molecule has 1 aliphatic rings. The predicted octanol–water partition coefficient (Wildman–Crippen LogP) is 2.11. The molecule has 0 unspecified atom stereocenters. The van der Waals surface area contributed by atoms with Crippen LogP contribution in [-0.2, 0) is 6.42 Å². The Hall–Kier alpha value is -0.770. The van der Waals surface area contributed by atoms with Crippen molar-refractivity contribution in [2.24, 2.45) is 0 Å². The fourth-order valence-corrected chi connectivity index (χ4v) is 2.69. The van der Waals surface area contributed by atoms with E-state index in [1.807, 2.05) is 19.9 Å². The van der Waals surface area contributed by atoms with Crippen molar-refractivity contribution in [3.63, 3.8) is 0 Å². The standard InChI is InChI=1S/C14H21ClN2O/c1-10-9-13(15)11(2)14(18)12(10)3-6-17-7-4-16-5-8-17/h9,16,18H,3-8H2,1-2H3. The first-order valence-corrected chi connectivity index (χ1v) is 6.88. The first-order valence-electron chi connectivity index (χ1n) is 6.50. The van der Waals surface area contributed by atoms with Crippen molar-refractivity contribution < 1.29 is 5.11 Å². The van der Waals surface area contributed by atoms with Crippen molar-refractivity contribution in [1.82, 2.24) is 10.2 Å². The second kappa shape index (κ2) is 5.91. The summed E-state index contributed by atoms with van der Waals surface area (Å²) in [6.07, 6.45) is 0.885. The number of rotatable bonds is 3. The maximum absolute atomic E-state index is 10.2. The summed E-state index contributed by atoms with van der Waals surface area (Å²) in [6, 6.07) is 1.95. The lowest BCUT2D eigenvalue weighted by atomic mass is 10.0. The highest BCUT2D eigenvalue weighted by molar-refractivity contribution is 6.31. The van der Waals surface area contributed by atoms with Crippen molar-refractivity contribution >= 4 is 11.6 Å². The summed E-state index contributed by atoms with van der Waals surface area (Å²) in [5, 5.41) is 14.2. The normalized spacial score (nSPS) is 17.1. The van der Waals surface area contributed by atoms with Crippen LogP contribution in [-0.4, -0.2) is 42.7 Å². The average Bonchev–Trinajstić information content (AvgIpc) is 2.37. The van der Waals surface area contributed by atoms with E-state index in [4.69, 9.17) is 11.6 Å². The van der Waals surface area contributed by atoms with Crippen LogP contribution < -0.4 is 5.32 Å². The van der Waals surface area contributed by atoms with Gasteiger partial charge in [-0.3, -0.25) is 0 Å². The Kier molecular flexibility index (Phi) is 4.49. The third kappa shape index (κ3) is 2.97. The molecule has 2 rings (SSSR count). The smallest absolute Gasteiger partial charge is 0.123 e. The zero-order chi connectivity index (χ0) is 13.1. The number of phenolic OH excluding ortho intramolecular Hbond substituents is 1.